The van der Waals surface area contributed by atoms with Crippen LogP contribution in [0.5, 0.6) is 0 Å². The fourth-order valence-electron chi connectivity index (χ4n) is 3.03. The number of nitrogens with one attached hydrogen (secondary N) is 3. The van der Waals surface area contributed by atoms with Gasteiger partial charge in [-0.3, -0.25) is 14.4 Å². The van der Waals surface area contributed by atoms with Crippen LogP contribution in [0.15, 0.2) is 30.5 Å². The summed E-state index contributed by atoms with van der Waals surface area (Å²) >= 11 is 0. The number of primary amides is 1. The number of carboxylic acid groups (broad SMARTS) is 1. The molecule has 11 heteroatoms. The number of nitrogens with two attached hydrogens (primary N) is 2. The highest BCUT2D eigenvalue weighted by atomic mass is 16.4. The predicted molar refractivity (Wildman–Crippen MR) is 112 cm³/mol. The number of fused-ring (bicyclic) bond motifs is 1. The van der Waals surface area contributed by atoms with Gasteiger partial charge in [-0.1, -0.05) is 18.2 Å². The lowest BCUT2D eigenvalue weighted by atomic mass is 10.0. The zero-order valence-electron chi connectivity index (χ0n) is 17.0. The van der Waals surface area contributed by atoms with E-state index in [1.807, 2.05) is 24.3 Å². The van der Waals surface area contributed by atoms with Gasteiger partial charge >= 0.3 is 5.97 Å². The Morgan fingerprint density at radius 3 is 2.35 bits per heavy atom. The van der Waals surface area contributed by atoms with Gasteiger partial charge in [0.25, 0.3) is 0 Å². The summed E-state index contributed by atoms with van der Waals surface area (Å²) in [4.78, 5) is 50.8. The number of rotatable bonds is 11. The number of para-hydroxylation sites is 1. The van der Waals surface area contributed by atoms with E-state index in [1.54, 1.807) is 6.20 Å². The molecule has 0 aliphatic heterocycles. The van der Waals surface area contributed by atoms with E-state index in [2.05, 4.69) is 15.6 Å². The minimum absolute atomic E-state index is 0.0380. The molecule has 0 radical (unpaired) electrons. The van der Waals surface area contributed by atoms with Gasteiger partial charge in [0, 0.05) is 29.9 Å². The van der Waals surface area contributed by atoms with Crippen molar-refractivity contribution in [1.82, 2.24) is 15.6 Å². The number of aliphatic hydroxyl groups is 1. The molecule has 2 rings (SSSR count). The van der Waals surface area contributed by atoms with Gasteiger partial charge in [-0.05, 0) is 25.0 Å². The van der Waals surface area contributed by atoms with Crippen LogP contribution in [0, 0.1) is 0 Å². The lowest BCUT2D eigenvalue weighted by Gasteiger charge is -2.23. The van der Waals surface area contributed by atoms with Crippen LogP contribution in [0.3, 0.4) is 0 Å². The Bertz CT molecular complexity index is 956. The first kappa shape index (κ1) is 23.8. The number of hydrogen-bond donors (Lipinski definition) is 7. The summed E-state index contributed by atoms with van der Waals surface area (Å²) in [6.07, 6.45) is 0.143. The first-order chi connectivity index (χ1) is 14.6. The number of carbonyl (C=O) groups excluding carboxylic acids is 3. The van der Waals surface area contributed by atoms with Crippen molar-refractivity contribution in [2.75, 3.05) is 0 Å². The van der Waals surface area contributed by atoms with E-state index in [4.69, 9.17) is 11.5 Å². The molecule has 0 aliphatic rings. The van der Waals surface area contributed by atoms with Crippen LogP contribution >= 0.6 is 0 Å². The molecular weight excluding hydrogens is 406 g/mol. The molecule has 31 heavy (non-hydrogen) atoms. The maximum Gasteiger partial charge on any atom is 0.326 e. The van der Waals surface area contributed by atoms with Gasteiger partial charge < -0.3 is 37.3 Å². The normalized spacial score (nSPS) is 14.9. The molecule has 9 N–H and O–H groups in total. The van der Waals surface area contributed by atoms with Crippen molar-refractivity contribution in [2.45, 2.75) is 50.4 Å². The average molecular weight is 433 g/mol. The summed E-state index contributed by atoms with van der Waals surface area (Å²) in [5.74, 6) is -3.58. The van der Waals surface area contributed by atoms with Crippen LogP contribution < -0.4 is 22.1 Å². The highest BCUT2D eigenvalue weighted by Crippen LogP contribution is 2.19. The molecule has 0 saturated carbocycles. The summed E-state index contributed by atoms with van der Waals surface area (Å²) in [7, 11) is 0. The SMILES string of the molecule is CC(O)C(N)C(=O)NC(Cc1c[nH]c2ccccc12)C(=O)NC(CCC(N)=O)C(=O)O. The summed E-state index contributed by atoms with van der Waals surface area (Å²) in [5.41, 5.74) is 12.3. The summed E-state index contributed by atoms with van der Waals surface area (Å²) in [5, 5.41) is 24.6. The average Bonchev–Trinajstić information content (AvgIpc) is 3.12. The van der Waals surface area contributed by atoms with Crippen molar-refractivity contribution < 1.29 is 29.4 Å². The Hall–Kier alpha value is -3.44. The van der Waals surface area contributed by atoms with Crippen molar-refractivity contribution >= 4 is 34.6 Å². The zero-order chi connectivity index (χ0) is 23.1. The molecule has 1 aromatic heterocycles. The molecule has 4 atom stereocenters. The minimum atomic E-state index is -1.37. The summed E-state index contributed by atoms with van der Waals surface area (Å²) in [6, 6.07) is 3.53. The monoisotopic (exact) mass is 433 g/mol. The van der Waals surface area contributed by atoms with E-state index in [9.17, 15) is 29.4 Å². The number of benzene rings is 1. The van der Waals surface area contributed by atoms with Crippen molar-refractivity contribution in [3.05, 3.63) is 36.0 Å². The Kier molecular flexibility index (Phi) is 8.11. The van der Waals surface area contributed by atoms with Gasteiger partial charge in [0.1, 0.15) is 18.1 Å². The molecule has 0 fully saturated rings. The second-order valence-corrected chi connectivity index (χ2v) is 7.30. The Morgan fingerprint density at radius 1 is 1.10 bits per heavy atom. The van der Waals surface area contributed by atoms with Crippen LogP contribution in [0.25, 0.3) is 10.9 Å². The van der Waals surface area contributed by atoms with Crippen molar-refractivity contribution in [2.24, 2.45) is 11.5 Å². The van der Waals surface area contributed by atoms with Crippen molar-refractivity contribution in [3.63, 3.8) is 0 Å². The van der Waals surface area contributed by atoms with Crippen molar-refractivity contribution in [3.8, 4) is 0 Å². The molecular formula is C20H27N5O6. The predicted octanol–water partition coefficient (Wildman–Crippen LogP) is -1.26. The van der Waals surface area contributed by atoms with Gasteiger partial charge in [0.15, 0.2) is 0 Å². The number of aromatic nitrogens is 1. The molecule has 0 bridgehead atoms. The van der Waals surface area contributed by atoms with Crippen molar-refractivity contribution in [1.29, 1.82) is 0 Å². The summed E-state index contributed by atoms with van der Waals surface area (Å²) in [6.45, 7) is 1.34. The van der Waals surface area contributed by atoms with E-state index in [1.165, 1.54) is 6.92 Å². The quantitative estimate of drug-likeness (QED) is 0.229. The highest BCUT2D eigenvalue weighted by Gasteiger charge is 2.30. The fourth-order valence-corrected chi connectivity index (χ4v) is 3.03. The van der Waals surface area contributed by atoms with E-state index in [0.717, 1.165) is 10.9 Å². The van der Waals surface area contributed by atoms with Gasteiger partial charge in [-0.15, -0.1) is 0 Å². The number of amides is 3. The number of H-pyrrole nitrogens is 1. The minimum Gasteiger partial charge on any atom is -0.480 e. The molecule has 4 unspecified atom stereocenters. The standard InChI is InChI=1S/C20H27N5O6/c1-10(26)17(22)19(29)25-15(8-11-9-23-13-5-3-2-4-12(11)13)18(28)24-14(20(30)31)6-7-16(21)27/h2-5,9-10,14-15,17,23,26H,6-8,22H2,1H3,(H2,21,27)(H,24,28)(H,25,29)(H,30,31). The van der Waals surface area contributed by atoms with Crippen LogP contribution in [0.2, 0.25) is 0 Å². The third kappa shape index (κ3) is 6.52. The van der Waals surface area contributed by atoms with E-state index < -0.39 is 47.9 Å². The first-order valence-electron chi connectivity index (χ1n) is 9.70. The van der Waals surface area contributed by atoms with Gasteiger partial charge in [-0.25, -0.2) is 4.79 Å². The number of carbonyl (C=O) groups is 4. The number of aliphatic carboxylic acids is 1. The lowest BCUT2D eigenvalue weighted by molar-refractivity contribution is -0.142. The molecule has 3 amide bonds. The van der Waals surface area contributed by atoms with Gasteiger partial charge in [-0.2, -0.15) is 0 Å². The first-order valence-corrected chi connectivity index (χ1v) is 9.70. The summed E-state index contributed by atoms with van der Waals surface area (Å²) < 4.78 is 0. The highest BCUT2D eigenvalue weighted by molar-refractivity contribution is 5.93. The zero-order valence-corrected chi connectivity index (χ0v) is 17.0. The number of aliphatic hydroxyl groups excluding tert-OH is 1. The molecule has 0 saturated heterocycles. The third-order valence-corrected chi connectivity index (χ3v) is 4.85. The fraction of sp³-hybridized carbons (Fsp3) is 0.400. The third-order valence-electron chi connectivity index (χ3n) is 4.85. The maximum absolute atomic E-state index is 12.9. The lowest BCUT2D eigenvalue weighted by Crippen LogP contribution is -2.57. The Labute approximate surface area is 178 Å². The number of aromatic amines is 1. The molecule has 168 valence electrons. The second-order valence-electron chi connectivity index (χ2n) is 7.30. The van der Waals surface area contributed by atoms with E-state index >= 15 is 0 Å². The molecule has 0 spiro atoms. The van der Waals surface area contributed by atoms with Crippen LogP contribution in [0.4, 0.5) is 0 Å². The smallest absolute Gasteiger partial charge is 0.326 e. The van der Waals surface area contributed by atoms with Gasteiger partial charge in [0.05, 0.1) is 6.10 Å². The number of hydrogen-bond acceptors (Lipinski definition) is 6. The molecule has 11 nitrogen and oxygen atoms in total. The molecule has 1 aromatic carbocycles. The maximum atomic E-state index is 12.9. The van der Waals surface area contributed by atoms with Crippen LogP contribution in [-0.2, 0) is 25.6 Å². The second kappa shape index (κ2) is 10.5. The van der Waals surface area contributed by atoms with Crippen LogP contribution in [0.1, 0.15) is 25.3 Å². The van der Waals surface area contributed by atoms with E-state index in [0.29, 0.717) is 5.56 Å². The largest absolute Gasteiger partial charge is 0.480 e. The van der Waals surface area contributed by atoms with Gasteiger partial charge in [0.2, 0.25) is 17.7 Å². The Morgan fingerprint density at radius 2 is 1.74 bits per heavy atom. The topological polar surface area (TPSA) is 201 Å². The number of carboxylic acids is 1. The Balaban J connectivity index is 2.25. The molecule has 2 aromatic rings. The van der Waals surface area contributed by atoms with E-state index in [-0.39, 0.29) is 19.3 Å². The molecule has 1 heterocycles. The molecule has 0 aliphatic carbocycles. The van der Waals surface area contributed by atoms with Crippen LogP contribution in [-0.4, -0.2) is 63.1 Å².